The molecule has 3 aromatic rings. The van der Waals surface area contributed by atoms with Gasteiger partial charge in [-0.25, -0.2) is 0 Å². The molecule has 0 unspecified atom stereocenters. The number of carbonyl (C=O) groups excluding carboxylic acids is 1. The number of aryl methyl sites for hydroxylation is 2. The van der Waals surface area contributed by atoms with Crippen molar-refractivity contribution in [1.29, 1.82) is 0 Å². The molecule has 1 heterocycles. The number of allylic oxidation sites excluding steroid dienone is 2. The van der Waals surface area contributed by atoms with E-state index in [4.69, 9.17) is 0 Å². The quantitative estimate of drug-likeness (QED) is 0.558. The molecule has 2 aliphatic rings. The highest BCUT2D eigenvalue weighted by Gasteiger charge is 2.18. The maximum Gasteiger partial charge on any atom is 0.175 e. The van der Waals surface area contributed by atoms with Gasteiger partial charge in [-0.3, -0.25) is 4.79 Å². The van der Waals surface area contributed by atoms with E-state index in [9.17, 15) is 4.79 Å². The molecule has 0 amide bonds. The molecule has 0 N–H and O–H groups in total. The summed E-state index contributed by atoms with van der Waals surface area (Å²) in [5.41, 5.74) is 4.12. The van der Waals surface area contributed by atoms with Gasteiger partial charge in [-0.05, 0) is 71.2 Å². The minimum Gasteiger partial charge on any atom is -0.340 e. The summed E-state index contributed by atoms with van der Waals surface area (Å²) < 4.78 is 0. The highest BCUT2D eigenvalue weighted by molar-refractivity contribution is 6.14. The molecule has 0 fully saturated rings. The number of rotatable bonds is 1. The standard InChI is InChI=1S/C24H21NO/c26-18-8-5-6-14-25(16-18)24-15-23-19-9-2-1-7-17(19)12-13-21(23)20-10-3-4-11-22(20)24/h3-6,8,10-15H,1-2,7,9,16H2. The predicted molar refractivity (Wildman–Crippen MR) is 109 cm³/mol. The topological polar surface area (TPSA) is 20.3 Å². The van der Waals surface area contributed by atoms with Crippen LogP contribution in [0.25, 0.3) is 21.5 Å². The van der Waals surface area contributed by atoms with Gasteiger partial charge in [0, 0.05) is 17.3 Å². The van der Waals surface area contributed by atoms with E-state index in [0.717, 1.165) is 12.1 Å². The summed E-state index contributed by atoms with van der Waals surface area (Å²) in [5.74, 6) is 0.134. The summed E-state index contributed by atoms with van der Waals surface area (Å²) in [4.78, 5) is 14.2. The summed E-state index contributed by atoms with van der Waals surface area (Å²) in [6, 6.07) is 15.5. The first-order valence-corrected chi connectivity index (χ1v) is 9.42. The van der Waals surface area contributed by atoms with E-state index >= 15 is 0 Å². The maximum absolute atomic E-state index is 12.1. The van der Waals surface area contributed by atoms with Crippen molar-refractivity contribution in [2.24, 2.45) is 0 Å². The fourth-order valence-corrected chi connectivity index (χ4v) is 4.40. The average molecular weight is 339 g/mol. The van der Waals surface area contributed by atoms with Crippen molar-refractivity contribution >= 4 is 33.0 Å². The largest absolute Gasteiger partial charge is 0.340 e. The monoisotopic (exact) mass is 339 g/mol. The summed E-state index contributed by atoms with van der Waals surface area (Å²) in [6.45, 7) is 0.386. The number of fused-ring (bicyclic) bond motifs is 5. The summed E-state index contributed by atoms with van der Waals surface area (Å²) >= 11 is 0. The lowest BCUT2D eigenvalue weighted by molar-refractivity contribution is -0.113. The number of anilines is 1. The first-order chi connectivity index (χ1) is 12.8. The minimum absolute atomic E-state index is 0.134. The molecule has 0 aromatic heterocycles. The number of carbonyl (C=O) groups is 1. The van der Waals surface area contributed by atoms with Crippen LogP contribution in [0, 0.1) is 0 Å². The van der Waals surface area contributed by atoms with Gasteiger partial charge >= 0.3 is 0 Å². The summed E-state index contributed by atoms with van der Waals surface area (Å²) in [5, 5.41) is 5.16. The smallest absolute Gasteiger partial charge is 0.175 e. The Hall–Kier alpha value is -2.87. The molecule has 3 aromatic carbocycles. The van der Waals surface area contributed by atoms with E-state index in [1.165, 1.54) is 51.9 Å². The van der Waals surface area contributed by atoms with E-state index < -0.39 is 0 Å². The molecule has 0 saturated heterocycles. The van der Waals surface area contributed by atoms with Gasteiger partial charge < -0.3 is 4.90 Å². The molecule has 0 bridgehead atoms. The molecular formula is C24H21NO. The van der Waals surface area contributed by atoms with Crippen LogP contribution in [0.2, 0.25) is 0 Å². The Labute approximate surface area is 153 Å². The van der Waals surface area contributed by atoms with Gasteiger partial charge in [-0.15, -0.1) is 0 Å². The molecule has 26 heavy (non-hydrogen) atoms. The van der Waals surface area contributed by atoms with E-state index in [-0.39, 0.29) is 5.78 Å². The molecular weight excluding hydrogens is 318 g/mol. The van der Waals surface area contributed by atoms with Crippen LogP contribution >= 0.6 is 0 Å². The van der Waals surface area contributed by atoms with Gasteiger partial charge in [0.25, 0.3) is 0 Å². The van der Waals surface area contributed by atoms with Crippen molar-refractivity contribution in [2.45, 2.75) is 25.7 Å². The molecule has 1 aliphatic carbocycles. The van der Waals surface area contributed by atoms with Crippen molar-refractivity contribution in [3.63, 3.8) is 0 Å². The Bertz CT molecular complexity index is 1090. The van der Waals surface area contributed by atoms with Crippen molar-refractivity contribution in [1.82, 2.24) is 0 Å². The van der Waals surface area contributed by atoms with Crippen molar-refractivity contribution < 1.29 is 4.79 Å². The molecule has 2 nitrogen and oxygen atoms in total. The zero-order chi connectivity index (χ0) is 17.5. The van der Waals surface area contributed by atoms with Gasteiger partial charge in [0.1, 0.15) is 0 Å². The van der Waals surface area contributed by atoms with Gasteiger partial charge in [-0.2, -0.15) is 0 Å². The van der Waals surface area contributed by atoms with Crippen molar-refractivity contribution in [3.8, 4) is 0 Å². The second-order valence-corrected chi connectivity index (χ2v) is 7.24. The van der Waals surface area contributed by atoms with E-state index in [2.05, 4.69) is 47.4 Å². The van der Waals surface area contributed by atoms with E-state index in [1.54, 1.807) is 6.08 Å². The fourth-order valence-electron chi connectivity index (χ4n) is 4.40. The third-order valence-electron chi connectivity index (χ3n) is 5.65. The van der Waals surface area contributed by atoms with Crippen LogP contribution in [0.5, 0.6) is 0 Å². The average Bonchev–Trinajstić information content (AvgIpc) is 2.91. The predicted octanol–water partition coefficient (Wildman–Crippen LogP) is 5.33. The second kappa shape index (κ2) is 6.14. The maximum atomic E-state index is 12.1. The number of nitrogens with zero attached hydrogens (tertiary/aromatic N) is 1. The number of ketones is 1. The van der Waals surface area contributed by atoms with Crippen molar-refractivity contribution in [2.75, 3.05) is 11.4 Å². The number of benzene rings is 3. The normalized spacial score (nSPS) is 16.9. The lowest BCUT2D eigenvalue weighted by atomic mass is 9.86. The first-order valence-electron chi connectivity index (χ1n) is 9.42. The second-order valence-electron chi connectivity index (χ2n) is 7.24. The lowest BCUT2D eigenvalue weighted by Crippen LogP contribution is -2.22. The van der Waals surface area contributed by atoms with Crippen molar-refractivity contribution in [3.05, 3.63) is 78.0 Å². The lowest BCUT2D eigenvalue weighted by Gasteiger charge is -2.24. The molecule has 128 valence electrons. The van der Waals surface area contributed by atoms with Crippen LogP contribution in [0.15, 0.2) is 66.9 Å². The summed E-state index contributed by atoms with van der Waals surface area (Å²) in [6.07, 6.45) is 12.3. The zero-order valence-corrected chi connectivity index (χ0v) is 14.7. The molecule has 0 radical (unpaired) electrons. The first kappa shape index (κ1) is 15.4. The molecule has 0 spiro atoms. The van der Waals surface area contributed by atoms with Gasteiger partial charge in [0.15, 0.2) is 5.78 Å². The van der Waals surface area contributed by atoms with Crippen LogP contribution in [0.1, 0.15) is 24.0 Å². The third kappa shape index (κ3) is 2.45. The van der Waals surface area contributed by atoms with Crippen LogP contribution in [0.4, 0.5) is 5.69 Å². The highest BCUT2D eigenvalue weighted by atomic mass is 16.1. The zero-order valence-electron chi connectivity index (χ0n) is 14.7. The van der Waals surface area contributed by atoms with Crippen LogP contribution in [-0.2, 0) is 17.6 Å². The Morgan fingerprint density at radius 1 is 0.808 bits per heavy atom. The summed E-state index contributed by atoms with van der Waals surface area (Å²) in [7, 11) is 0. The Morgan fingerprint density at radius 3 is 2.54 bits per heavy atom. The Balaban J connectivity index is 1.82. The van der Waals surface area contributed by atoms with E-state index in [0.29, 0.717) is 6.54 Å². The van der Waals surface area contributed by atoms with Crippen LogP contribution < -0.4 is 4.90 Å². The van der Waals surface area contributed by atoms with Crippen LogP contribution in [0.3, 0.4) is 0 Å². The molecule has 0 saturated carbocycles. The van der Waals surface area contributed by atoms with E-state index in [1.807, 2.05) is 18.4 Å². The molecule has 2 heteroatoms. The molecule has 5 rings (SSSR count). The Kier molecular flexibility index (Phi) is 3.63. The molecule has 0 atom stereocenters. The number of hydrogen-bond donors (Lipinski definition) is 0. The van der Waals surface area contributed by atoms with Gasteiger partial charge in [0.05, 0.1) is 6.54 Å². The number of hydrogen-bond acceptors (Lipinski definition) is 2. The highest BCUT2D eigenvalue weighted by Crippen LogP contribution is 2.38. The fraction of sp³-hybridized carbons (Fsp3) is 0.208. The minimum atomic E-state index is 0.134. The third-order valence-corrected chi connectivity index (χ3v) is 5.65. The van der Waals surface area contributed by atoms with Gasteiger partial charge in [0.2, 0.25) is 0 Å². The van der Waals surface area contributed by atoms with Crippen LogP contribution in [-0.4, -0.2) is 12.3 Å². The van der Waals surface area contributed by atoms with Gasteiger partial charge in [-0.1, -0.05) is 42.5 Å². The SMILES string of the molecule is O=C1C=CC=CN(c2cc3c4c(ccc3c3ccccc23)CCCC4)C1. The Morgan fingerprint density at radius 2 is 1.62 bits per heavy atom. The molecule has 1 aliphatic heterocycles.